The Morgan fingerprint density at radius 2 is 2.15 bits per heavy atom. The monoisotopic (exact) mass is 275 g/mol. The van der Waals surface area contributed by atoms with E-state index in [9.17, 15) is 9.59 Å². The van der Waals surface area contributed by atoms with E-state index in [2.05, 4.69) is 10.1 Å². The molecule has 1 aromatic rings. The van der Waals surface area contributed by atoms with Crippen LogP contribution in [0.25, 0.3) is 0 Å². The fourth-order valence-electron chi connectivity index (χ4n) is 2.36. The van der Waals surface area contributed by atoms with Crippen molar-refractivity contribution in [1.29, 1.82) is 0 Å². The summed E-state index contributed by atoms with van der Waals surface area (Å²) in [6, 6.07) is 7.82. The summed E-state index contributed by atoms with van der Waals surface area (Å²) < 4.78 is 4.68. The van der Waals surface area contributed by atoms with E-state index in [1.807, 2.05) is 31.2 Å². The fraction of sp³-hybridized carbons (Fsp3) is 0.500. The number of ether oxygens (including phenoxy) is 1. The van der Waals surface area contributed by atoms with Crippen LogP contribution in [-0.4, -0.2) is 25.0 Å². The van der Waals surface area contributed by atoms with Gasteiger partial charge >= 0.3 is 5.97 Å². The van der Waals surface area contributed by atoms with Gasteiger partial charge in [-0.15, -0.1) is 0 Å². The molecule has 1 aliphatic rings. The predicted octanol–water partition coefficient (Wildman–Crippen LogP) is 2.00. The molecule has 4 heteroatoms. The highest BCUT2D eigenvalue weighted by Crippen LogP contribution is 2.34. The van der Waals surface area contributed by atoms with Crippen LogP contribution in [0.4, 0.5) is 0 Å². The van der Waals surface area contributed by atoms with Crippen LogP contribution in [0.2, 0.25) is 0 Å². The second-order valence-electron chi connectivity index (χ2n) is 5.46. The van der Waals surface area contributed by atoms with E-state index in [1.165, 1.54) is 7.11 Å². The van der Waals surface area contributed by atoms with Gasteiger partial charge in [0, 0.05) is 6.04 Å². The lowest BCUT2D eigenvalue weighted by Gasteiger charge is -2.17. The SMILES string of the molecule is COC(=O)CC(NC(=O)Cc1cccc(C)c1)C1CC1. The van der Waals surface area contributed by atoms with Gasteiger partial charge in [0.15, 0.2) is 0 Å². The number of amides is 1. The van der Waals surface area contributed by atoms with E-state index in [1.54, 1.807) is 0 Å². The Labute approximate surface area is 119 Å². The van der Waals surface area contributed by atoms with Crippen molar-refractivity contribution in [3.8, 4) is 0 Å². The van der Waals surface area contributed by atoms with Crippen molar-refractivity contribution in [3.05, 3.63) is 35.4 Å². The van der Waals surface area contributed by atoms with Crippen molar-refractivity contribution >= 4 is 11.9 Å². The molecule has 0 radical (unpaired) electrons. The molecule has 0 spiro atoms. The number of nitrogens with one attached hydrogen (secondary N) is 1. The molecule has 1 unspecified atom stereocenters. The summed E-state index contributed by atoms with van der Waals surface area (Å²) in [5, 5.41) is 2.97. The van der Waals surface area contributed by atoms with Gasteiger partial charge in [0.2, 0.25) is 5.91 Å². The van der Waals surface area contributed by atoms with Crippen molar-refractivity contribution in [2.45, 2.75) is 38.6 Å². The van der Waals surface area contributed by atoms with Crippen LogP contribution in [-0.2, 0) is 20.7 Å². The summed E-state index contributed by atoms with van der Waals surface area (Å²) in [5.74, 6) is 0.129. The molecule has 0 saturated heterocycles. The number of benzene rings is 1. The number of methoxy groups -OCH3 is 1. The zero-order chi connectivity index (χ0) is 14.5. The van der Waals surface area contributed by atoms with E-state index in [-0.39, 0.29) is 24.3 Å². The lowest BCUT2D eigenvalue weighted by atomic mass is 10.1. The largest absolute Gasteiger partial charge is 0.469 e. The van der Waals surface area contributed by atoms with Gasteiger partial charge in [0.05, 0.1) is 20.0 Å². The fourth-order valence-corrected chi connectivity index (χ4v) is 2.36. The first-order valence-corrected chi connectivity index (χ1v) is 7.00. The van der Waals surface area contributed by atoms with Crippen molar-refractivity contribution in [2.24, 2.45) is 5.92 Å². The molecule has 0 aliphatic heterocycles. The maximum atomic E-state index is 12.1. The molecule has 0 heterocycles. The summed E-state index contributed by atoms with van der Waals surface area (Å²) in [5.41, 5.74) is 2.14. The molecule has 108 valence electrons. The smallest absolute Gasteiger partial charge is 0.307 e. The molecule has 0 bridgehead atoms. The van der Waals surface area contributed by atoms with Crippen molar-refractivity contribution < 1.29 is 14.3 Å². The minimum absolute atomic E-state index is 0.0311. The van der Waals surface area contributed by atoms with Crippen LogP contribution < -0.4 is 5.32 Å². The van der Waals surface area contributed by atoms with Gasteiger partial charge in [-0.05, 0) is 31.2 Å². The van der Waals surface area contributed by atoms with Gasteiger partial charge in [0.25, 0.3) is 0 Å². The molecular formula is C16H21NO3. The molecule has 1 saturated carbocycles. The lowest BCUT2D eigenvalue weighted by molar-refractivity contribution is -0.141. The third kappa shape index (κ3) is 4.37. The Bertz CT molecular complexity index is 494. The van der Waals surface area contributed by atoms with Gasteiger partial charge in [-0.25, -0.2) is 0 Å². The first-order chi connectivity index (χ1) is 9.58. The minimum Gasteiger partial charge on any atom is -0.469 e. The molecule has 1 amide bonds. The summed E-state index contributed by atoms with van der Waals surface area (Å²) in [6.07, 6.45) is 2.77. The van der Waals surface area contributed by atoms with E-state index in [4.69, 9.17) is 0 Å². The van der Waals surface area contributed by atoms with Crippen LogP contribution in [0.3, 0.4) is 0 Å². The van der Waals surface area contributed by atoms with E-state index >= 15 is 0 Å². The van der Waals surface area contributed by atoms with Crippen LogP contribution in [0.15, 0.2) is 24.3 Å². The Kier molecular flexibility index (Phi) is 4.77. The summed E-state index contributed by atoms with van der Waals surface area (Å²) >= 11 is 0. The average Bonchev–Trinajstić information content (AvgIpc) is 3.22. The number of esters is 1. The second-order valence-corrected chi connectivity index (χ2v) is 5.46. The summed E-state index contributed by atoms with van der Waals surface area (Å²) in [7, 11) is 1.38. The minimum atomic E-state index is -0.266. The van der Waals surface area contributed by atoms with Crippen LogP contribution in [0.1, 0.15) is 30.4 Å². The number of aryl methyl sites for hydroxylation is 1. The normalized spacial score (nSPS) is 15.5. The highest BCUT2D eigenvalue weighted by Gasteiger charge is 2.33. The van der Waals surface area contributed by atoms with E-state index in [0.29, 0.717) is 12.3 Å². The van der Waals surface area contributed by atoms with Gasteiger partial charge < -0.3 is 10.1 Å². The maximum absolute atomic E-state index is 12.1. The molecule has 1 aliphatic carbocycles. The van der Waals surface area contributed by atoms with E-state index in [0.717, 1.165) is 24.0 Å². The molecule has 1 fully saturated rings. The van der Waals surface area contributed by atoms with Crippen LogP contribution >= 0.6 is 0 Å². The van der Waals surface area contributed by atoms with Gasteiger partial charge in [-0.1, -0.05) is 29.8 Å². The highest BCUT2D eigenvalue weighted by molar-refractivity contribution is 5.80. The third-order valence-electron chi connectivity index (χ3n) is 3.60. The first kappa shape index (κ1) is 14.6. The van der Waals surface area contributed by atoms with E-state index < -0.39 is 0 Å². The molecule has 1 aromatic carbocycles. The second kappa shape index (κ2) is 6.55. The highest BCUT2D eigenvalue weighted by atomic mass is 16.5. The standard InChI is InChI=1S/C16H21NO3/c1-11-4-3-5-12(8-11)9-15(18)17-14(13-6-7-13)10-16(19)20-2/h3-5,8,13-14H,6-7,9-10H2,1-2H3,(H,17,18). The topological polar surface area (TPSA) is 55.4 Å². The third-order valence-corrected chi connectivity index (χ3v) is 3.60. The zero-order valence-corrected chi connectivity index (χ0v) is 12.0. The molecule has 2 rings (SSSR count). The molecular weight excluding hydrogens is 254 g/mol. The number of carbonyl (C=O) groups excluding carboxylic acids is 2. The zero-order valence-electron chi connectivity index (χ0n) is 12.0. The molecule has 1 atom stereocenters. The Balaban J connectivity index is 1.89. The number of carbonyl (C=O) groups is 2. The average molecular weight is 275 g/mol. The number of rotatable bonds is 6. The number of hydrogen-bond acceptors (Lipinski definition) is 3. The van der Waals surface area contributed by atoms with Crippen molar-refractivity contribution in [3.63, 3.8) is 0 Å². The number of hydrogen-bond donors (Lipinski definition) is 1. The Morgan fingerprint density at radius 1 is 1.40 bits per heavy atom. The Morgan fingerprint density at radius 3 is 2.75 bits per heavy atom. The quantitative estimate of drug-likeness (QED) is 0.808. The molecule has 4 nitrogen and oxygen atoms in total. The predicted molar refractivity (Wildman–Crippen MR) is 76.2 cm³/mol. The molecule has 20 heavy (non-hydrogen) atoms. The lowest BCUT2D eigenvalue weighted by Crippen LogP contribution is -2.39. The molecule has 1 N–H and O–H groups in total. The maximum Gasteiger partial charge on any atom is 0.307 e. The van der Waals surface area contributed by atoms with Gasteiger partial charge in [-0.2, -0.15) is 0 Å². The van der Waals surface area contributed by atoms with Crippen LogP contribution in [0, 0.1) is 12.8 Å². The van der Waals surface area contributed by atoms with Crippen molar-refractivity contribution in [1.82, 2.24) is 5.32 Å². The summed E-state index contributed by atoms with van der Waals surface area (Å²) in [4.78, 5) is 23.4. The van der Waals surface area contributed by atoms with Gasteiger partial charge in [0.1, 0.15) is 0 Å². The van der Waals surface area contributed by atoms with Gasteiger partial charge in [-0.3, -0.25) is 9.59 Å². The molecule has 0 aromatic heterocycles. The Hall–Kier alpha value is -1.84. The first-order valence-electron chi connectivity index (χ1n) is 7.00. The summed E-state index contributed by atoms with van der Waals surface area (Å²) in [6.45, 7) is 2.01. The van der Waals surface area contributed by atoms with Crippen LogP contribution in [0.5, 0.6) is 0 Å². The van der Waals surface area contributed by atoms with Crippen molar-refractivity contribution in [2.75, 3.05) is 7.11 Å².